The number of hydrogen-bond donors (Lipinski definition) is 1. The summed E-state index contributed by atoms with van der Waals surface area (Å²) in [5, 5.41) is 8.86. The van der Waals surface area contributed by atoms with E-state index in [9.17, 15) is 9.59 Å². The Morgan fingerprint density at radius 1 is 1.23 bits per heavy atom. The standard InChI is InChI=1S/C16H21NO5/c1-21-8-9-22-11-12-6-7-17(10-12)15(18)13-2-4-14(5-3-13)16(19)20/h2-5,12H,6-11H2,1H3,(H,19,20). The van der Waals surface area contributed by atoms with Crippen LogP contribution in [0, 0.1) is 5.92 Å². The lowest BCUT2D eigenvalue weighted by atomic mass is 10.1. The van der Waals surface area contributed by atoms with Crippen molar-refractivity contribution < 1.29 is 24.2 Å². The lowest BCUT2D eigenvalue weighted by molar-refractivity contribution is 0.0515. The fourth-order valence-corrected chi connectivity index (χ4v) is 2.48. The van der Waals surface area contributed by atoms with Gasteiger partial charge in [0.25, 0.3) is 5.91 Å². The Bertz CT molecular complexity index is 514. The summed E-state index contributed by atoms with van der Waals surface area (Å²) in [4.78, 5) is 25.0. The molecule has 1 aliphatic heterocycles. The zero-order valence-corrected chi connectivity index (χ0v) is 12.7. The Hall–Kier alpha value is -1.92. The molecule has 22 heavy (non-hydrogen) atoms. The van der Waals surface area contributed by atoms with Gasteiger partial charge in [-0.3, -0.25) is 4.79 Å². The molecular formula is C16H21NO5. The number of rotatable bonds is 7. The zero-order chi connectivity index (χ0) is 15.9. The minimum Gasteiger partial charge on any atom is -0.478 e. The number of nitrogens with zero attached hydrogens (tertiary/aromatic N) is 1. The van der Waals surface area contributed by atoms with Crippen molar-refractivity contribution >= 4 is 11.9 Å². The van der Waals surface area contributed by atoms with Crippen LogP contribution in [0.4, 0.5) is 0 Å². The molecular weight excluding hydrogens is 286 g/mol. The number of aromatic carboxylic acids is 1. The van der Waals surface area contributed by atoms with E-state index in [4.69, 9.17) is 14.6 Å². The monoisotopic (exact) mass is 307 g/mol. The fraction of sp³-hybridized carbons (Fsp3) is 0.500. The highest BCUT2D eigenvalue weighted by Gasteiger charge is 2.27. The summed E-state index contributed by atoms with van der Waals surface area (Å²) < 4.78 is 10.4. The summed E-state index contributed by atoms with van der Waals surface area (Å²) in [5.41, 5.74) is 0.702. The third-order valence-corrected chi connectivity index (χ3v) is 3.74. The Morgan fingerprint density at radius 3 is 2.55 bits per heavy atom. The van der Waals surface area contributed by atoms with Crippen LogP contribution in [0.15, 0.2) is 24.3 Å². The number of carbonyl (C=O) groups is 2. The van der Waals surface area contributed by atoms with Crippen LogP contribution in [-0.2, 0) is 9.47 Å². The Kier molecular flexibility index (Phi) is 5.91. The van der Waals surface area contributed by atoms with Crippen molar-refractivity contribution in [1.29, 1.82) is 0 Å². The number of ether oxygens (including phenoxy) is 2. The van der Waals surface area contributed by atoms with Gasteiger partial charge in [-0.2, -0.15) is 0 Å². The first-order chi connectivity index (χ1) is 10.6. The predicted octanol–water partition coefficient (Wildman–Crippen LogP) is 1.51. The van der Waals surface area contributed by atoms with E-state index in [1.54, 1.807) is 24.1 Å². The molecule has 1 unspecified atom stereocenters. The van der Waals surface area contributed by atoms with E-state index in [0.29, 0.717) is 44.4 Å². The van der Waals surface area contributed by atoms with Gasteiger partial charge in [0, 0.05) is 31.7 Å². The summed E-state index contributed by atoms with van der Waals surface area (Å²) >= 11 is 0. The summed E-state index contributed by atoms with van der Waals surface area (Å²) in [6.45, 7) is 3.15. The SMILES string of the molecule is COCCOCC1CCN(C(=O)c2ccc(C(=O)O)cc2)C1. The minimum atomic E-state index is -0.992. The van der Waals surface area contributed by atoms with Crippen molar-refractivity contribution in [3.05, 3.63) is 35.4 Å². The molecule has 0 aromatic heterocycles. The minimum absolute atomic E-state index is 0.0590. The molecule has 0 radical (unpaired) electrons. The highest BCUT2D eigenvalue weighted by atomic mass is 16.5. The molecule has 0 spiro atoms. The molecule has 1 aliphatic rings. The van der Waals surface area contributed by atoms with Crippen LogP contribution >= 0.6 is 0 Å². The maximum Gasteiger partial charge on any atom is 0.335 e. The average Bonchev–Trinajstić information content (AvgIpc) is 3.00. The molecule has 1 fully saturated rings. The molecule has 0 bridgehead atoms. The number of amides is 1. The first-order valence-electron chi connectivity index (χ1n) is 7.31. The molecule has 1 N–H and O–H groups in total. The molecule has 1 aromatic carbocycles. The molecule has 0 saturated carbocycles. The van der Waals surface area contributed by atoms with Crippen molar-refractivity contribution in [2.45, 2.75) is 6.42 Å². The van der Waals surface area contributed by atoms with Gasteiger partial charge in [-0.15, -0.1) is 0 Å². The molecule has 2 rings (SSSR count). The maximum absolute atomic E-state index is 12.4. The van der Waals surface area contributed by atoms with Gasteiger partial charge in [-0.25, -0.2) is 4.79 Å². The van der Waals surface area contributed by atoms with E-state index >= 15 is 0 Å². The van der Waals surface area contributed by atoms with Crippen LogP contribution in [-0.4, -0.2) is 61.9 Å². The molecule has 1 amide bonds. The smallest absolute Gasteiger partial charge is 0.335 e. The van der Waals surface area contributed by atoms with E-state index in [0.717, 1.165) is 6.42 Å². The van der Waals surface area contributed by atoms with Crippen molar-refractivity contribution in [3.63, 3.8) is 0 Å². The van der Waals surface area contributed by atoms with Crippen LogP contribution in [0.25, 0.3) is 0 Å². The maximum atomic E-state index is 12.4. The van der Waals surface area contributed by atoms with E-state index in [1.165, 1.54) is 12.1 Å². The molecule has 1 atom stereocenters. The number of carboxylic acids is 1. The average molecular weight is 307 g/mol. The number of methoxy groups -OCH3 is 1. The van der Waals surface area contributed by atoms with Crippen molar-refractivity contribution in [2.24, 2.45) is 5.92 Å². The van der Waals surface area contributed by atoms with Crippen LogP contribution in [0.2, 0.25) is 0 Å². The van der Waals surface area contributed by atoms with Crippen LogP contribution < -0.4 is 0 Å². The second-order valence-electron chi connectivity index (χ2n) is 5.36. The Labute approximate surface area is 129 Å². The van der Waals surface area contributed by atoms with Crippen LogP contribution in [0.5, 0.6) is 0 Å². The van der Waals surface area contributed by atoms with Gasteiger partial charge < -0.3 is 19.5 Å². The first kappa shape index (κ1) is 16.5. The highest BCUT2D eigenvalue weighted by molar-refractivity contribution is 5.96. The summed E-state index contributed by atoms with van der Waals surface area (Å²) in [5.74, 6) is -0.705. The van der Waals surface area contributed by atoms with Gasteiger partial charge in [-0.1, -0.05) is 0 Å². The van der Waals surface area contributed by atoms with Crippen molar-refractivity contribution in [1.82, 2.24) is 4.90 Å². The third kappa shape index (κ3) is 4.29. The molecule has 6 nitrogen and oxygen atoms in total. The summed E-state index contributed by atoms with van der Waals surface area (Å²) in [6, 6.07) is 6.04. The fourth-order valence-electron chi connectivity index (χ4n) is 2.48. The zero-order valence-electron chi connectivity index (χ0n) is 12.7. The van der Waals surface area contributed by atoms with Crippen LogP contribution in [0.1, 0.15) is 27.1 Å². The first-order valence-corrected chi connectivity index (χ1v) is 7.31. The van der Waals surface area contributed by atoms with Gasteiger partial charge in [0.2, 0.25) is 0 Å². The van der Waals surface area contributed by atoms with Gasteiger partial charge in [0.05, 0.1) is 25.4 Å². The van der Waals surface area contributed by atoms with Crippen LogP contribution in [0.3, 0.4) is 0 Å². The topological polar surface area (TPSA) is 76.1 Å². The van der Waals surface area contributed by atoms with Crippen molar-refractivity contribution in [2.75, 3.05) is 40.0 Å². The largest absolute Gasteiger partial charge is 0.478 e. The second-order valence-corrected chi connectivity index (χ2v) is 5.36. The van der Waals surface area contributed by atoms with Gasteiger partial charge >= 0.3 is 5.97 Å². The number of likely N-dealkylation sites (tertiary alicyclic amines) is 1. The van der Waals surface area contributed by atoms with E-state index in [-0.39, 0.29) is 11.5 Å². The molecule has 0 aliphatic carbocycles. The number of carbonyl (C=O) groups excluding carboxylic acids is 1. The summed E-state index contributed by atoms with van der Waals surface area (Å²) in [6.07, 6.45) is 0.923. The van der Waals surface area contributed by atoms with Gasteiger partial charge in [0.1, 0.15) is 0 Å². The number of hydrogen-bond acceptors (Lipinski definition) is 4. The van der Waals surface area contributed by atoms with E-state index < -0.39 is 5.97 Å². The highest BCUT2D eigenvalue weighted by Crippen LogP contribution is 2.19. The Balaban J connectivity index is 1.84. The quantitative estimate of drug-likeness (QED) is 0.773. The van der Waals surface area contributed by atoms with Crippen molar-refractivity contribution in [3.8, 4) is 0 Å². The third-order valence-electron chi connectivity index (χ3n) is 3.74. The predicted molar refractivity (Wildman–Crippen MR) is 80.1 cm³/mol. The van der Waals surface area contributed by atoms with E-state index in [1.807, 2.05) is 0 Å². The number of benzene rings is 1. The van der Waals surface area contributed by atoms with E-state index in [2.05, 4.69) is 0 Å². The second kappa shape index (κ2) is 7.91. The molecule has 120 valence electrons. The molecule has 1 heterocycles. The Morgan fingerprint density at radius 2 is 1.91 bits per heavy atom. The molecule has 6 heteroatoms. The van der Waals surface area contributed by atoms with Gasteiger partial charge in [0.15, 0.2) is 0 Å². The lowest BCUT2D eigenvalue weighted by Crippen LogP contribution is -2.29. The lowest BCUT2D eigenvalue weighted by Gasteiger charge is -2.17. The number of carboxylic acid groups (broad SMARTS) is 1. The van der Waals surface area contributed by atoms with Gasteiger partial charge in [-0.05, 0) is 30.7 Å². The molecule has 1 saturated heterocycles. The molecule has 1 aromatic rings. The summed E-state index contributed by atoms with van der Waals surface area (Å²) in [7, 11) is 1.63. The normalized spacial score (nSPS) is 17.7.